The maximum absolute atomic E-state index is 2.68. The third-order valence-electron chi connectivity index (χ3n) is 16.8. The zero-order chi connectivity index (χ0) is 40.1. The molecule has 1 nitrogen and oxygen atoms in total. The molecule has 2 heteroatoms. The fourth-order valence-corrected chi connectivity index (χ4v) is 15.3. The van der Waals surface area contributed by atoms with Gasteiger partial charge in [0.25, 0.3) is 0 Å². The van der Waals surface area contributed by atoms with Gasteiger partial charge >= 0.3 is 0 Å². The predicted octanol–water partition coefficient (Wildman–Crippen LogP) is 15.7. The van der Waals surface area contributed by atoms with Crippen molar-refractivity contribution in [2.24, 2.45) is 23.7 Å². The lowest BCUT2D eigenvalue weighted by molar-refractivity contribution is -0.0443. The lowest BCUT2D eigenvalue weighted by Crippen LogP contribution is -2.57. The monoisotopic (exact) mass is 787 g/mol. The Balaban J connectivity index is 1.11. The zero-order valence-corrected chi connectivity index (χ0v) is 36.6. The molecule has 6 aromatic rings. The van der Waals surface area contributed by atoms with E-state index in [1.54, 1.807) is 11.1 Å². The summed E-state index contributed by atoms with van der Waals surface area (Å²) in [5.41, 5.74) is 18.6. The average molecular weight is 788 g/mol. The number of hydrogen-bond acceptors (Lipinski definition) is 2. The predicted molar refractivity (Wildman–Crippen MR) is 248 cm³/mol. The SMILES string of the molecule is CC1(C)CCC(C)(C)c2cc(N(c3ccc4c(c3)C(C)(C)c3ccccc3-4)c3cccc4c3Sc3cc(-c5ccccc5)ccc3C43C4CC5CC(C4)CC3C5)ccc21. The highest BCUT2D eigenvalue weighted by Crippen LogP contribution is 2.70. The van der Waals surface area contributed by atoms with E-state index in [4.69, 9.17) is 0 Å². The summed E-state index contributed by atoms with van der Waals surface area (Å²) in [6.45, 7) is 14.7. The van der Waals surface area contributed by atoms with Crippen LogP contribution in [0.5, 0.6) is 0 Å². The highest BCUT2D eigenvalue weighted by atomic mass is 32.2. The number of rotatable bonds is 4. The molecule has 0 amide bonds. The van der Waals surface area contributed by atoms with E-state index in [1.807, 2.05) is 0 Å². The molecule has 0 aromatic heterocycles. The summed E-state index contributed by atoms with van der Waals surface area (Å²) in [4.78, 5) is 5.62. The van der Waals surface area contributed by atoms with E-state index in [-0.39, 0.29) is 21.7 Å². The Hall–Kier alpha value is -4.53. The summed E-state index contributed by atoms with van der Waals surface area (Å²) in [7, 11) is 0. The molecule has 0 saturated heterocycles. The minimum atomic E-state index is -0.0858. The van der Waals surface area contributed by atoms with Crippen molar-refractivity contribution in [3.8, 4) is 22.3 Å². The summed E-state index contributed by atoms with van der Waals surface area (Å²) in [6.07, 6.45) is 9.38. The molecule has 4 fully saturated rings. The first-order valence-electron chi connectivity index (χ1n) is 22.6. The number of fused-ring (bicyclic) bond motifs is 6. The van der Waals surface area contributed by atoms with Crippen LogP contribution in [0.4, 0.5) is 17.1 Å². The van der Waals surface area contributed by atoms with Gasteiger partial charge < -0.3 is 4.90 Å². The standard InChI is InChI=1S/C57H57NS/c1-54(2)25-26-55(3,4)50-34-42(21-24-46(50)54)58(41-20-22-44-43-15-10-11-16-45(43)56(5,6)49(44)33-41)51-18-12-17-48-53(51)59-52-32-38(37-13-8-7-9-14-37)19-23-47(52)57(48)39-28-35-27-36(30-39)31-40(57)29-35/h7-24,32-36,39-40H,25-31H2,1-6H3. The number of hydrogen-bond donors (Lipinski definition) is 0. The van der Waals surface area contributed by atoms with Gasteiger partial charge in [-0.25, -0.2) is 0 Å². The third kappa shape index (κ3) is 5.11. The molecule has 59 heavy (non-hydrogen) atoms. The summed E-state index contributed by atoms with van der Waals surface area (Å²) in [6, 6.07) is 50.2. The van der Waals surface area contributed by atoms with Gasteiger partial charge in [0, 0.05) is 32.0 Å². The van der Waals surface area contributed by atoms with Crippen LogP contribution in [0.3, 0.4) is 0 Å². The molecular weight excluding hydrogens is 731 g/mol. The molecule has 6 aromatic carbocycles. The fraction of sp³-hybridized carbons (Fsp3) is 0.368. The van der Waals surface area contributed by atoms with E-state index < -0.39 is 0 Å². The molecular formula is C57H57NS. The molecule has 0 radical (unpaired) electrons. The Labute approximate surface area is 356 Å². The second-order valence-corrected chi connectivity index (χ2v) is 22.3. The molecule has 13 rings (SSSR count). The largest absolute Gasteiger partial charge is 0.309 e. The molecule has 1 heterocycles. The highest BCUT2D eigenvalue weighted by molar-refractivity contribution is 7.99. The Morgan fingerprint density at radius 2 is 1.08 bits per heavy atom. The van der Waals surface area contributed by atoms with Gasteiger partial charge in [-0.05, 0) is 171 Å². The van der Waals surface area contributed by atoms with Gasteiger partial charge in [0.1, 0.15) is 0 Å². The molecule has 0 atom stereocenters. The number of benzene rings is 6. The maximum Gasteiger partial charge on any atom is 0.0604 e. The normalized spacial score (nSPS) is 26.7. The second-order valence-electron chi connectivity index (χ2n) is 21.2. The van der Waals surface area contributed by atoms with Crippen LogP contribution in [0.1, 0.15) is 120 Å². The number of nitrogens with zero attached hydrogens (tertiary/aromatic N) is 1. The van der Waals surface area contributed by atoms with E-state index in [2.05, 4.69) is 186 Å². The topological polar surface area (TPSA) is 3.24 Å². The number of anilines is 3. The Morgan fingerprint density at radius 1 is 0.475 bits per heavy atom. The summed E-state index contributed by atoms with van der Waals surface area (Å²) in [5, 5.41) is 0. The summed E-state index contributed by atoms with van der Waals surface area (Å²) < 4.78 is 0. The van der Waals surface area contributed by atoms with E-state index in [0.717, 1.165) is 11.8 Å². The van der Waals surface area contributed by atoms with Gasteiger partial charge in [0.15, 0.2) is 0 Å². The quantitative estimate of drug-likeness (QED) is 0.175. The maximum atomic E-state index is 2.68. The van der Waals surface area contributed by atoms with Crippen molar-refractivity contribution in [1.29, 1.82) is 0 Å². The Morgan fingerprint density at radius 3 is 1.83 bits per heavy atom. The first-order chi connectivity index (χ1) is 28.4. The van der Waals surface area contributed by atoms with E-state index in [9.17, 15) is 0 Å². The lowest BCUT2D eigenvalue weighted by atomic mass is 9.42. The van der Waals surface area contributed by atoms with Gasteiger partial charge in [-0.3, -0.25) is 0 Å². The van der Waals surface area contributed by atoms with Crippen LogP contribution in [-0.2, 0) is 21.7 Å². The van der Waals surface area contributed by atoms with Crippen LogP contribution in [0.25, 0.3) is 22.3 Å². The summed E-state index contributed by atoms with van der Waals surface area (Å²) in [5.74, 6) is 3.17. The van der Waals surface area contributed by atoms with Crippen LogP contribution < -0.4 is 4.90 Å². The Bertz CT molecular complexity index is 2670. The van der Waals surface area contributed by atoms with Crippen molar-refractivity contribution < 1.29 is 0 Å². The van der Waals surface area contributed by atoms with Crippen molar-refractivity contribution in [1.82, 2.24) is 0 Å². The van der Waals surface area contributed by atoms with E-state index >= 15 is 0 Å². The highest BCUT2D eigenvalue weighted by Gasteiger charge is 2.61. The van der Waals surface area contributed by atoms with Crippen LogP contribution >= 0.6 is 11.8 Å². The second kappa shape index (κ2) is 12.5. The van der Waals surface area contributed by atoms with Gasteiger partial charge in [-0.2, -0.15) is 0 Å². The molecule has 6 aliphatic carbocycles. The zero-order valence-electron chi connectivity index (χ0n) is 35.7. The molecule has 4 saturated carbocycles. The molecule has 1 aliphatic heterocycles. The van der Waals surface area contributed by atoms with E-state index in [0.29, 0.717) is 11.8 Å². The van der Waals surface area contributed by atoms with Gasteiger partial charge in [0.05, 0.1) is 5.69 Å². The molecule has 296 valence electrons. The minimum absolute atomic E-state index is 0.0453. The van der Waals surface area contributed by atoms with Crippen molar-refractivity contribution >= 4 is 28.8 Å². The first-order valence-corrected chi connectivity index (χ1v) is 23.5. The van der Waals surface area contributed by atoms with Crippen LogP contribution in [0.2, 0.25) is 0 Å². The van der Waals surface area contributed by atoms with Crippen molar-refractivity contribution in [3.63, 3.8) is 0 Å². The van der Waals surface area contributed by atoms with Gasteiger partial charge in [0.2, 0.25) is 0 Å². The molecule has 1 spiro atoms. The van der Waals surface area contributed by atoms with Crippen LogP contribution in [0.15, 0.2) is 137 Å². The summed E-state index contributed by atoms with van der Waals surface area (Å²) >= 11 is 2.06. The Kier molecular flexibility index (Phi) is 7.70. The van der Waals surface area contributed by atoms with Crippen molar-refractivity contribution in [3.05, 3.63) is 161 Å². The first kappa shape index (κ1) is 36.3. The average Bonchev–Trinajstić information content (AvgIpc) is 3.46. The lowest BCUT2D eigenvalue weighted by Gasteiger charge is -2.63. The van der Waals surface area contributed by atoms with Crippen molar-refractivity contribution in [2.45, 2.75) is 118 Å². The van der Waals surface area contributed by atoms with Gasteiger partial charge in [-0.1, -0.05) is 144 Å². The smallest absolute Gasteiger partial charge is 0.0604 e. The van der Waals surface area contributed by atoms with E-state index in [1.165, 1.54) is 116 Å². The molecule has 7 aliphatic rings. The fourth-order valence-electron chi connectivity index (χ4n) is 13.9. The third-order valence-corrected chi connectivity index (χ3v) is 18.0. The minimum Gasteiger partial charge on any atom is -0.309 e. The van der Waals surface area contributed by atoms with Crippen LogP contribution in [0, 0.1) is 23.7 Å². The van der Waals surface area contributed by atoms with Crippen LogP contribution in [-0.4, -0.2) is 0 Å². The van der Waals surface area contributed by atoms with Crippen molar-refractivity contribution in [2.75, 3.05) is 4.90 Å². The molecule has 0 N–H and O–H groups in total. The molecule has 4 bridgehead atoms. The molecule has 0 unspecified atom stereocenters. The van der Waals surface area contributed by atoms with Gasteiger partial charge in [-0.15, -0.1) is 0 Å².